The molecule has 0 aliphatic rings. The Labute approximate surface area is 86.6 Å². The maximum absolute atomic E-state index is 12.8. The van der Waals surface area contributed by atoms with Crippen LogP contribution >= 0.6 is 11.6 Å². The Balaban J connectivity index is 2.99. The fourth-order valence-electron chi connectivity index (χ4n) is 1.22. The SMILES string of the molecule is COc1ccc(Cl)cc1CC(C)(F)F. The number of rotatable bonds is 3. The van der Waals surface area contributed by atoms with E-state index >= 15 is 0 Å². The Kier molecular flexibility index (Phi) is 3.32. The van der Waals surface area contributed by atoms with E-state index in [0.717, 1.165) is 6.92 Å². The highest BCUT2D eigenvalue weighted by molar-refractivity contribution is 6.30. The van der Waals surface area contributed by atoms with E-state index < -0.39 is 5.92 Å². The predicted octanol–water partition coefficient (Wildman–Crippen LogP) is 3.55. The summed E-state index contributed by atoms with van der Waals surface area (Å²) in [5.74, 6) is -2.31. The van der Waals surface area contributed by atoms with Crippen LogP contribution < -0.4 is 4.74 Å². The summed E-state index contributed by atoms with van der Waals surface area (Å²) in [6.45, 7) is 0.868. The van der Waals surface area contributed by atoms with Gasteiger partial charge < -0.3 is 4.74 Å². The molecule has 0 aromatic heterocycles. The first-order chi connectivity index (χ1) is 6.42. The van der Waals surface area contributed by atoms with Crippen molar-refractivity contribution < 1.29 is 13.5 Å². The van der Waals surface area contributed by atoms with Gasteiger partial charge >= 0.3 is 0 Å². The normalized spacial score (nSPS) is 11.5. The van der Waals surface area contributed by atoms with E-state index in [9.17, 15) is 8.78 Å². The molecule has 1 rings (SSSR count). The van der Waals surface area contributed by atoms with Gasteiger partial charge in [0.2, 0.25) is 5.92 Å². The Morgan fingerprint density at radius 1 is 1.43 bits per heavy atom. The molecular formula is C10H11ClF2O. The molecule has 4 heteroatoms. The van der Waals surface area contributed by atoms with E-state index in [0.29, 0.717) is 16.3 Å². The standard InChI is InChI=1S/C10H11ClF2O/c1-10(12,13)6-7-5-8(11)3-4-9(7)14-2/h3-5H,6H2,1-2H3. The summed E-state index contributed by atoms with van der Waals surface area (Å²) in [5, 5.41) is 0.435. The lowest BCUT2D eigenvalue weighted by Gasteiger charge is -2.13. The van der Waals surface area contributed by atoms with E-state index in [1.807, 2.05) is 0 Å². The maximum Gasteiger partial charge on any atom is 0.249 e. The number of benzene rings is 1. The van der Waals surface area contributed by atoms with Crippen LogP contribution in [0.3, 0.4) is 0 Å². The monoisotopic (exact) mass is 220 g/mol. The zero-order valence-electron chi connectivity index (χ0n) is 7.98. The minimum absolute atomic E-state index is 0.364. The fraction of sp³-hybridized carbons (Fsp3) is 0.400. The highest BCUT2D eigenvalue weighted by atomic mass is 35.5. The van der Waals surface area contributed by atoms with Gasteiger partial charge in [0, 0.05) is 17.0 Å². The maximum atomic E-state index is 12.8. The van der Waals surface area contributed by atoms with E-state index in [4.69, 9.17) is 16.3 Å². The molecule has 0 aliphatic heterocycles. The van der Waals surface area contributed by atoms with Crippen molar-refractivity contribution in [3.8, 4) is 5.75 Å². The number of methoxy groups -OCH3 is 1. The summed E-state index contributed by atoms with van der Waals surface area (Å²) in [6, 6.07) is 4.69. The van der Waals surface area contributed by atoms with Crippen LogP contribution in [0.4, 0.5) is 8.78 Å². The Hall–Kier alpha value is -0.830. The van der Waals surface area contributed by atoms with E-state index in [1.165, 1.54) is 13.2 Å². The van der Waals surface area contributed by atoms with Gasteiger partial charge in [0.05, 0.1) is 7.11 Å². The molecule has 1 nitrogen and oxygen atoms in total. The first kappa shape index (κ1) is 11.2. The van der Waals surface area contributed by atoms with Crippen molar-refractivity contribution in [3.05, 3.63) is 28.8 Å². The smallest absolute Gasteiger partial charge is 0.249 e. The Bertz CT molecular complexity index is 320. The topological polar surface area (TPSA) is 9.23 Å². The van der Waals surface area contributed by atoms with Crippen LogP contribution in [0.2, 0.25) is 5.02 Å². The van der Waals surface area contributed by atoms with Gasteiger partial charge in [-0.15, -0.1) is 0 Å². The van der Waals surface area contributed by atoms with Crippen molar-refractivity contribution in [2.24, 2.45) is 0 Å². The van der Waals surface area contributed by atoms with Crippen molar-refractivity contribution >= 4 is 11.6 Å². The quantitative estimate of drug-likeness (QED) is 0.757. The average Bonchev–Trinajstić information content (AvgIpc) is 2.01. The zero-order chi connectivity index (χ0) is 10.8. The number of hydrogen-bond acceptors (Lipinski definition) is 1. The highest BCUT2D eigenvalue weighted by Gasteiger charge is 2.23. The lowest BCUT2D eigenvalue weighted by Crippen LogP contribution is -2.14. The molecule has 0 bridgehead atoms. The molecular weight excluding hydrogens is 210 g/mol. The summed E-state index contributed by atoms with van der Waals surface area (Å²) >= 11 is 5.70. The molecule has 0 radical (unpaired) electrons. The second-order valence-corrected chi connectivity index (χ2v) is 3.64. The van der Waals surface area contributed by atoms with Gasteiger partial charge in [0.15, 0.2) is 0 Å². The predicted molar refractivity (Wildman–Crippen MR) is 52.3 cm³/mol. The summed E-state index contributed by atoms with van der Waals surface area (Å²) in [5.41, 5.74) is 0.424. The summed E-state index contributed by atoms with van der Waals surface area (Å²) in [7, 11) is 1.44. The third kappa shape index (κ3) is 3.14. The van der Waals surface area contributed by atoms with Crippen LogP contribution in [0.25, 0.3) is 0 Å². The molecule has 0 fully saturated rings. The molecule has 0 N–H and O–H groups in total. The van der Waals surface area contributed by atoms with Crippen LogP contribution in [0.15, 0.2) is 18.2 Å². The van der Waals surface area contributed by atoms with Gasteiger partial charge in [0.25, 0.3) is 0 Å². The summed E-state index contributed by atoms with van der Waals surface area (Å²) < 4.78 is 30.5. The number of hydrogen-bond donors (Lipinski definition) is 0. The first-order valence-electron chi connectivity index (χ1n) is 4.12. The largest absolute Gasteiger partial charge is 0.496 e. The van der Waals surface area contributed by atoms with E-state index in [2.05, 4.69) is 0 Å². The summed E-state index contributed by atoms with van der Waals surface area (Å²) in [4.78, 5) is 0. The summed E-state index contributed by atoms with van der Waals surface area (Å²) in [6.07, 6.45) is -0.364. The first-order valence-corrected chi connectivity index (χ1v) is 4.50. The van der Waals surface area contributed by atoms with Crippen molar-refractivity contribution in [2.75, 3.05) is 7.11 Å². The third-order valence-corrected chi connectivity index (χ3v) is 1.98. The van der Waals surface area contributed by atoms with Gasteiger partial charge in [-0.1, -0.05) is 11.6 Å². The number of ether oxygens (including phenoxy) is 1. The number of halogens is 3. The molecule has 0 atom stereocenters. The Morgan fingerprint density at radius 2 is 2.07 bits per heavy atom. The molecule has 0 amide bonds. The second kappa shape index (κ2) is 4.13. The van der Waals surface area contributed by atoms with E-state index in [1.54, 1.807) is 12.1 Å². The number of alkyl halides is 2. The molecule has 0 heterocycles. The van der Waals surface area contributed by atoms with Gasteiger partial charge in [-0.25, -0.2) is 8.78 Å². The Morgan fingerprint density at radius 3 is 2.57 bits per heavy atom. The molecule has 78 valence electrons. The van der Waals surface area contributed by atoms with Crippen molar-refractivity contribution in [2.45, 2.75) is 19.3 Å². The van der Waals surface area contributed by atoms with Gasteiger partial charge in [-0.05, 0) is 25.1 Å². The molecule has 0 spiro atoms. The third-order valence-electron chi connectivity index (χ3n) is 1.74. The van der Waals surface area contributed by atoms with Crippen LogP contribution in [-0.2, 0) is 6.42 Å². The fourth-order valence-corrected chi connectivity index (χ4v) is 1.41. The molecule has 1 aromatic carbocycles. The highest BCUT2D eigenvalue weighted by Crippen LogP contribution is 2.28. The van der Waals surface area contributed by atoms with Gasteiger partial charge in [0.1, 0.15) is 5.75 Å². The van der Waals surface area contributed by atoms with Crippen LogP contribution in [0.5, 0.6) is 5.75 Å². The van der Waals surface area contributed by atoms with E-state index in [-0.39, 0.29) is 6.42 Å². The van der Waals surface area contributed by atoms with Gasteiger partial charge in [-0.3, -0.25) is 0 Å². The molecule has 0 saturated heterocycles. The van der Waals surface area contributed by atoms with Crippen molar-refractivity contribution in [1.29, 1.82) is 0 Å². The van der Waals surface area contributed by atoms with Crippen LogP contribution in [0, 0.1) is 0 Å². The van der Waals surface area contributed by atoms with Crippen molar-refractivity contribution in [1.82, 2.24) is 0 Å². The van der Waals surface area contributed by atoms with Crippen LogP contribution in [-0.4, -0.2) is 13.0 Å². The molecule has 0 saturated carbocycles. The van der Waals surface area contributed by atoms with Gasteiger partial charge in [-0.2, -0.15) is 0 Å². The molecule has 0 aliphatic carbocycles. The minimum atomic E-state index is -2.75. The second-order valence-electron chi connectivity index (χ2n) is 3.20. The molecule has 1 aromatic rings. The van der Waals surface area contributed by atoms with Crippen molar-refractivity contribution in [3.63, 3.8) is 0 Å². The zero-order valence-corrected chi connectivity index (χ0v) is 8.74. The average molecular weight is 221 g/mol. The lowest BCUT2D eigenvalue weighted by molar-refractivity contribution is 0.0220. The molecule has 14 heavy (non-hydrogen) atoms. The minimum Gasteiger partial charge on any atom is -0.496 e. The molecule has 0 unspecified atom stereocenters. The van der Waals surface area contributed by atoms with Crippen LogP contribution in [0.1, 0.15) is 12.5 Å². The lowest BCUT2D eigenvalue weighted by atomic mass is 10.1.